The summed E-state index contributed by atoms with van der Waals surface area (Å²) in [5.74, 6) is 0.0378. The molecule has 2 rings (SSSR count). The molecule has 1 fully saturated rings. The Labute approximate surface area is 114 Å². The average Bonchev–Trinajstić information content (AvgIpc) is 2.88. The minimum absolute atomic E-state index is 0.0378. The van der Waals surface area contributed by atoms with Crippen molar-refractivity contribution in [3.63, 3.8) is 0 Å². The molecule has 0 saturated carbocycles. The van der Waals surface area contributed by atoms with Crippen LogP contribution in [0.4, 0.5) is 0 Å². The molecule has 0 unspecified atom stereocenters. The molecule has 1 aliphatic heterocycles. The van der Waals surface area contributed by atoms with Gasteiger partial charge in [0.2, 0.25) is 5.91 Å². The van der Waals surface area contributed by atoms with Crippen molar-refractivity contribution in [3.8, 4) is 0 Å². The Kier molecular flexibility index (Phi) is 4.93. The Bertz CT molecular complexity index is 407. The molecule has 4 nitrogen and oxygen atoms in total. The highest BCUT2D eigenvalue weighted by Gasteiger charge is 2.29. The van der Waals surface area contributed by atoms with Crippen molar-refractivity contribution < 1.29 is 14.3 Å². The zero-order valence-electron chi connectivity index (χ0n) is 11.5. The second kappa shape index (κ2) is 6.68. The van der Waals surface area contributed by atoms with Gasteiger partial charge in [-0.05, 0) is 18.4 Å². The van der Waals surface area contributed by atoms with Crippen molar-refractivity contribution in [1.29, 1.82) is 0 Å². The van der Waals surface area contributed by atoms with Crippen LogP contribution < -0.4 is 0 Å². The van der Waals surface area contributed by atoms with Crippen molar-refractivity contribution >= 4 is 5.91 Å². The molecule has 19 heavy (non-hydrogen) atoms. The highest BCUT2D eigenvalue weighted by atomic mass is 16.6. The Balaban J connectivity index is 1.70. The summed E-state index contributed by atoms with van der Waals surface area (Å²) in [6, 6.07) is 10.1. The molecule has 0 spiro atoms. The van der Waals surface area contributed by atoms with Crippen LogP contribution in [-0.4, -0.2) is 36.8 Å². The molecular weight excluding hydrogens is 242 g/mol. The fourth-order valence-corrected chi connectivity index (χ4v) is 2.18. The maximum atomic E-state index is 11.3. The predicted molar refractivity (Wildman–Crippen MR) is 72.4 cm³/mol. The summed E-state index contributed by atoms with van der Waals surface area (Å²) in [4.78, 5) is 12.9. The van der Waals surface area contributed by atoms with E-state index >= 15 is 0 Å². The van der Waals surface area contributed by atoms with Crippen LogP contribution in [0.1, 0.15) is 25.3 Å². The van der Waals surface area contributed by atoms with E-state index in [4.69, 9.17) is 9.47 Å². The van der Waals surface area contributed by atoms with Gasteiger partial charge in [-0.3, -0.25) is 4.79 Å². The first kappa shape index (κ1) is 14.0. The van der Waals surface area contributed by atoms with Gasteiger partial charge < -0.3 is 14.4 Å². The maximum absolute atomic E-state index is 11.3. The van der Waals surface area contributed by atoms with Crippen LogP contribution in [-0.2, 0) is 20.9 Å². The molecule has 2 atom stereocenters. The highest BCUT2D eigenvalue weighted by molar-refractivity contribution is 5.73. The van der Waals surface area contributed by atoms with Gasteiger partial charge in [-0.25, -0.2) is 0 Å². The van der Waals surface area contributed by atoms with Crippen LogP contribution in [0.5, 0.6) is 0 Å². The summed E-state index contributed by atoms with van der Waals surface area (Å²) >= 11 is 0. The van der Waals surface area contributed by atoms with Crippen molar-refractivity contribution in [2.75, 3.05) is 13.7 Å². The third kappa shape index (κ3) is 4.04. The summed E-state index contributed by atoms with van der Waals surface area (Å²) in [6.45, 7) is 2.74. The minimum Gasteiger partial charge on any atom is -0.374 e. The lowest BCUT2D eigenvalue weighted by atomic mass is 10.2. The Morgan fingerprint density at radius 2 is 2.11 bits per heavy atom. The number of rotatable bonds is 5. The van der Waals surface area contributed by atoms with Crippen molar-refractivity contribution in [1.82, 2.24) is 4.90 Å². The third-order valence-corrected chi connectivity index (χ3v) is 3.43. The van der Waals surface area contributed by atoms with Crippen molar-refractivity contribution in [2.24, 2.45) is 0 Å². The molecule has 0 aromatic heterocycles. The van der Waals surface area contributed by atoms with Crippen LogP contribution in [0.2, 0.25) is 0 Å². The molecule has 104 valence electrons. The highest BCUT2D eigenvalue weighted by Crippen LogP contribution is 2.22. The monoisotopic (exact) mass is 263 g/mol. The van der Waals surface area contributed by atoms with E-state index < -0.39 is 0 Å². The second-order valence-electron chi connectivity index (χ2n) is 4.92. The topological polar surface area (TPSA) is 38.8 Å². The smallest absolute Gasteiger partial charge is 0.221 e. The van der Waals surface area contributed by atoms with E-state index in [1.807, 2.05) is 30.3 Å². The molecule has 1 saturated heterocycles. The lowest BCUT2D eigenvalue weighted by molar-refractivity contribution is -0.141. The normalized spacial score (nSPS) is 22.4. The Hall–Kier alpha value is -1.39. The molecule has 0 aliphatic carbocycles. The maximum Gasteiger partial charge on any atom is 0.221 e. The Morgan fingerprint density at radius 1 is 1.37 bits per heavy atom. The van der Waals surface area contributed by atoms with Crippen LogP contribution in [0.3, 0.4) is 0 Å². The van der Waals surface area contributed by atoms with Gasteiger partial charge in [-0.15, -0.1) is 0 Å². The number of carbonyl (C=O) groups excluding carboxylic acids is 1. The van der Waals surface area contributed by atoms with Crippen LogP contribution in [0.25, 0.3) is 0 Å². The number of nitrogens with zero attached hydrogens (tertiary/aromatic N) is 1. The van der Waals surface area contributed by atoms with E-state index in [9.17, 15) is 4.79 Å². The first-order valence-electron chi connectivity index (χ1n) is 6.67. The van der Waals surface area contributed by atoms with Crippen LogP contribution in [0, 0.1) is 0 Å². The van der Waals surface area contributed by atoms with Gasteiger partial charge in [-0.2, -0.15) is 0 Å². The van der Waals surface area contributed by atoms with E-state index in [1.165, 1.54) is 0 Å². The first-order valence-corrected chi connectivity index (χ1v) is 6.67. The molecule has 0 radical (unpaired) electrons. The van der Waals surface area contributed by atoms with Gasteiger partial charge in [0.25, 0.3) is 0 Å². The zero-order chi connectivity index (χ0) is 13.7. The number of benzene rings is 1. The van der Waals surface area contributed by atoms with Gasteiger partial charge in [0.15, 0.2) is 0 Å². The van der Waals surface area contributed by atoms with E-state index in [-0.39, 0.29) is 18.2 Å². The summed E-state index contributed by atoms with van der Waals surface area (Å²) in [6.07, 6.45) is 1.82. The molecule has 1 heterocycles. The van der Waals surface area contributed by atoms with E-state index in [2.05, 4.69) is 0 Å². The molecular formula is C15H21NO3. The first-order chi connectivity index (χ1) is 9.16. The van der Waals surface area contributed by atoms with E-state index in [0.29, 0.717) is 13.2 Å². The lowest BCUT2D eigenvalue weighted by Crippen LogP contribution is -2.35. The molecule has 0 N–H and O–H groups in total. The molecule has 1 aliphatic rings. The lowest BCUT2D eigenvalue weighted by Gasteiger charge is -2.23. The van der Waals surface area contributed by atoms with Crippen molar-refractivity contribution in [2.45, 2.75) is 38.7 Å². The molecule has 4 heteroatoms. The average molecular weight is 263 g/mol. The van der Waals surface area contributed by atoms with Gasteiger partial charge >= 0.3 is 0 Å². The van der Waals surface area contributed by atoms with Gasteiger partial charge in [0, 0.05) is 14.0 Å². The van der Waals surface area contributed by atoms with Crippen LogP contribution in [0.15, 0.2) is 30.3 Å². The fraction of sp³-hybridized carbons (Fsp3) is 0.533. The Morgan fingerprint density at radius 3 is 2.79 bits per heavy atom. The SMILES string of the molecule is CC(=O)N(C)[C@H]1CC[C@@H](COCc2ccccc2)O1. The van der Waals surface area contributed by atoms with Gasteiger partial charge in [-0.1, -0.05) is 30.3 Å². The second-order valence-corrected chi connectivity index (χ2v) is 4.92. The fourth-order valence-electron chi connectivity index (χ4n) is 2.18. The quantitative estimate of drug-likeness (QED) is 0.817. The summed E-state index contributed by atoms with van der Waals surface area (Å²) in [5.41, 5.74) is 1.16. The standard InChI is InChI=1S/C15H21NO3/c1-12(17)16(2)15-9-8-14(19-15)11-18-10-13-6-4-3-5-7-13/h3-7,14-15H,8-11H2,1-2H3/t14-,15+/m0/s1. The molecule has 1 aromatic carbocycles. The molecule has 1 aromatic rings. The summed E-state index contributed by atoms with van der Waals surface area (Å²) < 4.78 is 11.5. The number of hydrogen-bond donors (Lipinski definition) is 0. The number of amides is 1. The third-order valence-electron chi connectivity index (χ3n) is 3.43. The summed E-state index contributed by atoms with van der Waals surface area (Å²) in [5, 5.41) is 0. The van der Waals surface area contributed by atoms with Crippen molar-refractivity contribution in [3.05, 3.63) is 35.9 Å². The predicted octanol–water partition coefficient (Wildman–Crippen LogP) is 2.19. The molecule has 1 amide bonds. The zero-order valence-corrected chi connectivity index (χ0v) is 11.5. The number of carbonyl (C=O) groups is 1. The van der Waals surface area contributed by atoms with E-state index in [0.717, 1.165) is 18.4 Å². The van der Waals surface area contributed by atoms with Gasteiger partial charge in [0.05, 0.1) is 19.3 Å². The van der Waals surface area contributed by atoms with E-state index in [1.54, 1.807) is 18.9 Å². The summed E-state index contributed by atoms with van der Waals surface area (Å²) in [7, 11) is 1.78. The number of ether oxygens (including phenoxy) is 2. The molecule has 0 bridgehead atoms. The van der Waals surface area contributed by atoms with Gasteiger partial charge in [0.1, 0.15) is 6.23 Å². The van der Waals surface area contributed by atoms with Crippen LogP contribution >= 0.6 is 0 Å². The minimum atomic E-state index is -0.0946. The number of hydrogen-bond acceptors (Lipinski definition) is 3. The largest absolute Gasteiger partial charge is 0.374 e.